The van der Waals surface area contributed by atoms with Crippen molar-refractivity contribution in [3.63, 3.8) is 0 Å². The van der Waals surface area contributed by atoms with Gasteiger partial charge in [-0.05, 0) is 42.9 Å². The SMILES string of the molecule is COCCC1(CNS(=O)(=O)c2cc(F)ccc2N)CC1. The number of benzene rings is 1. The molecule has 0 heterocycles. The van der Waals surface area contributed by atoms with Gasteiger partial charge in [0.15, 0.2) is 0 Å². The van der Waals surface area contributed by atoms with Crippen molar-refractivity contribution in [3.8, 4) is 0 Å². The molecule has 1 aromatic rings. The van der Waals surface area contributed by atoms with E-state index >= 15 is 0 Å². The van der Waals surface area contributed by atoms with Crippen LogP contribution < -0.4 is 10.5 Å². The molecule has 3 N–H and O–H groups in total. The molecule has 2 rings (SSSR count). The van der Waals surface area contributed by atoms with E-state index in [0.717, 1.165) is 31.4 Å². The Labute approximate surface area is 118 Å². The van der Waals surface area contributed by atoms with E-state index in [0.29, 0.717) is 13.2 Å². The fraction of sp³-hybridized carbons (Fsp3) is 0.538. The summed E-state index contributed by atoms with van der Waals surface area (Å²) in [4.78, 5) is -0.208. The molecule has 7 heteroatoms. The van der Waals surface area contributed by atoms with Crippen molar-refractivity contribution in [1.29, 1.82) is 0 Å². The second-order valence-electron chi connectivity index (χ2n) is 5.25. The van der Waals surface area contributed by atoms with Crippen LogP contribution in [0, 0.1) is 11.2 Å². The number of nitrogen functional groups attached to an aromatic ring is 1. The fourth-order valence-electron chi connectivity index (χ4n) is 2.08. The molecule has 0 aromatic heterocycles. The lowest BCUT2D eigenvalue weighted by Crippen LogP contribution is -2.31. The van der Waals surface area contributed by atoms with Crippen molar-refractivity contribution in [2.75, 3.05) is 26.0 Å². The maximum Gasteiger partial charge on any atom is 0.242 e. The Morgan fingerprint density at radius 1 is 1.45 bits per heavy atom. The van der Waals surface area contributed by atoms with Crippen LogP contribution in [-0.4, -0.2) is 28.7 Å². The van der Waals surface area contributed by atoms with Crippen molar-refractivity contribution < 1.29 is 17.5 Å². The number of hydrogen-bond donors (Lipinski definition) is 2. The van der Waals surface area contributed by atoms with Crippen LogP contribution in [0.4, 0.5) is 10.1 Å². The number of methoxy groups -OCH3 is 1. The molecule has 0 radical (unpaired) electrons. The van der Waals surface area contributed by atoms with Crippen molar-refractivity contribution in [1.82, 2.24) is 4.72 Å². The van der Waals surface area contributed by atoms with Crippen LogP contribution in [0.15, 0.2) is 23.1 Å². The van der Waals surface area contributed by atoms with Gasteiger partial charge in [-0.3, -0.25) is 0 Å². The summed E-state index contributed by atoms with van der Waals surface area (Å²) in [7, 11) is -2.17. The lowest BCUT2D eigenvalue weighted by molar-refractivity contribution is 0.173. The fourth-order valence-corrected chi connectivity index (χ4v) is 3.38. The van der Waals surface area contributed by atoms with Crippen LogP contribution in [0.1, 0.15) is 19.3 Å². The number of ether oxygens (including phenoxy) is 1. The molecule has 0 unspecified atom stereocenters. The number of hydrogen-bond acceptors (Lipinski definition) is 4. The molecule has 0 saturated heterocycles. The number of sulfonamides is 1. The minimum Gasteiger partial charge on any atom is -0.398 e. The average Bonchev–Trinajstić information content (AvgIpc) is 3.18. The Balaban J connectivity index is 2.06. The minimum atomic E-state index is -3.79. The van der Waals surface area contributed by atoms with E-state index in [-0.39, 0.29) is 16.0 Å². The maximum atomic E-state index is 13.2. The smallest absolute Gasteiger partial charge is 0.242 e. The summed E-state index contributed by atoms with van der Waals surface area (Å²) in [5.41, 5.74) is 5.62. The monoisotopic (exact) mass is 302 g/mol. The summed E-state index contributed by atoms with van der Waals surface area (Å²) >= 11 is 0. The molecule has 1 aliphatic carbocycles. The number of nitrogens with two attached hydrogens (primary N) is 1. The highest BCUT2D eigenvalue weighted by Gasteiger charge is 2.42. The van der Waals surface area contributed by atoms with E-state index in [4.69, 9.17) is 10.5 Å². The summed E-state index contributed by atoms with van der Waals surface area (Å²) in [6.07, 6.45) is 2.75. The van der Waals surface area contributed by atoms with E-state index in [1.807, 2.05) is 0 Å². The zero-order valence-electron chi connectivity index (χ0n) is 11.4. The normalized spacial score (nSPS) is 17.1. The molecular formula is C13H19FN2O3S. The topological polar surface area (TPSA) is 81.4 Å². The molecule has 0 spiro atoms. The lowest BCUT2D eigenvalue weighted by Gasteiger charge is -2.16. The predicted molar refractivity (Wildman–Crippen MR) is 74.2 cm³/mol. The molecule has 5 nitrogen and oxygen atoms in total. The number of anilines is 1. The molecule has 1 fully saturated rings. The van der Waals surface area contributed by atoms with Crippen LogP contribution in [0.25, 0.3) is 0 Å². The van der Waals surface area contributed by atoms with Crippen LogP contribution in [0.5, 0.6) is 0 Å². The van der Waals surface area contributed by atoms with Crippen LogP contribution >= 0.6 is 0 Å². The second-order valence-corrected chi connectivity index (χ2v) is 6.98. The first-order valence-corrected chi connectivity index (χ1v) is 7.91. The van der Waals surface area contributed by atoms with Gasteiger partial charge in [0.05, 0.1) is 5.69 Å². The van der Waals surface area contributed by atoms with Gasteiger partial charge in [-0.2, -0.15) is 0 Å². The summed E-state index contributed by atoms with van der Waals surface area (Å²) in [5.74, 6) is -0.625. The van der Waals surface area contributed by atoms with Crippen LogP contribution in [0.2, 0.25) is 0 Å². The lowest BCUT2D eigenvalue weighted by atomic mass is 10.0. The summed E-state index contributed by atoms with van der Waals surface area (Å²) in [6.45, 7) is 0.929. The summed E-state index contributed by atoms with van der Waals surface area (Å²) in [5, 5.41) is 0. The molecule has 1 aromatic carbocycles. The Hall–Kier alpha value is -1.18. The molecular weight excluding hydrogens is 283 g/mol. The van der Waals surface area contributed by atoms with Crippen LogP contribution in [-0.2, 0) is 14.8 Å². The van der Waals surface area contributed by atoms with Crippen molar-refractivity contribution >= 4 is 15.7 Å². The number of rotatable bonds is 7. The largest absolute Gasteiger partial charge is 0.398 e. The van der Waals surface area contributed by atoms with Crippen LogP contribution in [0.3, 0.4) is 0 Å². The second kappa shape index (κ2) is 5.67. The molecule has 1 aliphatic rings. The molecule has 0 amide bonds. The first-order chi connectivity index (χ1) is 9.38. The standard InChI is InChI=1S/C13H19FN2O3S/c1-19-7-6-13(4-5-13)9-16-20(17,18)12-8-10(14)2-3-11(12)15/h2-3,8,16H,4-7,9,15H2,1H3. The van der Waals surface area contributed by atoms with E-state index in [1.54, 1.807) is 7.11 Å². The Morgan fingerprint density at radius 2 is 2.15 bits per heavy atom. The van der Waals surface area contributed by atoms with Crippen molar-refractivity contribution in [2.45, 2.75) is 24.2 Å². The van der Waals surface area contributed by atoms with Gasteiger partial charge in [0.1, 0.15) is 10.7 Å². The molecule has 112 valence electrons. The molecule has 20 heavy (non-hydrogen) atoms. The average molecular weight is 302 g/mol. The summed E-state index contributed by atoms with van der Waals surface area (Å²) < 4.78 is 45.0. The van der Waals surface area contributed by atoms with E-state index in [2.05, 4.69) is 4.72 Å². The van der Waals surface area contributed by atoms with Gasteiger partial charge in [-0.25, -0.2) is 17.5 Å². The van der Waals surface area contributed by atoms with E-state index in [1.165, 1.54) is 6.07 Å². The van der Waals surface area contributed by atoms with E-state index in [9.17, 15) is 12.8 Å². The zero-order chi connectivity index (χ0) is 14.8. The Bertz CT molecular complexity index is 585. The highest BCUT2D eigenvalue weighted by atomic mass is 32.2. The van der Waals surface area contributed by atoms with Gasteiger partial charge in [-0.15, -0.1) is 0 Å². The first kappa shape index (κ1) is 15.2. The van der Waals surface area contributed by atoms with Crippen molar-refractivity contribution in [2.24, 2.45) is 5.41 Å². The third-order valence-corrected chi connectivity index (χ3v) is 5.15. The highest BCUT2D eigenvalue weighted by Crippen LogP contribution is 2.48. The zero-order valence-corrected chi connectivity index (χ0v) is 12.2. The molecule has 0 aliphatic heterocycles. The highest BCUT2D eigenvalue weighted by molar-refractivity contribution is 7.89. The molecule has 1 saturated carbocycles. The van der Waals surface area contributed by atoms with Gasteiger partial charge in [0.2, 0.25) is 10.0 Å². The predicted octanol–water partition coefficient (Wildman–Crippen LogP) is 1.50. The molecule has 0 bridgehead atoms. The number of nitrogens with one attached hydrogen (secondary N) is 1. The molecule has 0 atom stereocenters. The van der Waals surface area contributed by atoms with Gasteiger partial charge in [0.25, 0.3) is 0 Å². The van der Waals surface area contributed by atoms with Gasteiger partial charge in [-0.1, -0.05) is 0 Å². The van der Waals surface area contributed by atoms with Gasteiger partial charge in [0, 0.05) is 20.3 Å². The third-order valence-electron chi connectivity index (χ3n) is 3.70. The van der Waals surface area contributed by atoms with Gasteiger partial charge >= 0.3 is 0 Å². The van der Waals surface area contributed by atoms with Gasteiger partial charge < -0.3 is 10.5 Å². The van der Waals surface area contributed by atoms with E-state index < -0.39 is 15.8 Å². The number of halogens is 1. The Morgan fingerprint density at radius 3 is 2.75 bits per heavy atom. The Kier molecular flexibility index (Phi) is 4.31. The maximum absolute atomic E-state index is 13.2. The minimum absolute atomic E-state index is 0.0227. The quantitative estimate of drug-likeness (QED) is 0.748. The first-order valence-electron chi connectivity index (χ1n) is 6.42. The summed E-state index contributed by atoms with van der Waals surface area (Å²) in [6, 6.07) is 3.32. The van der Waals surface area contributed by atoms with Crippen molar-refractivity contribution in [3.05, 3.63) is 24.0 Å². The third kappa shape index (κ3) is 3.47.